The fraction of sp³-hybridized carbons (Fsp3) is 0.767. The van der Waals surface area contributed by atoms with Crippen LogP contribution in [0.1, 0.15) is 69.9 Å². The number of phenolic OH excluding ortho intramolecular Hbond substituents is 1. The molecule has 7 heteroatoms. The number of carbonyl (C=O) groups is 1. The molecule has 202 valence electrons. The van der Waals surface area contributed by atoms with E-state index in [0.29, 0.717) is 18.4 Å². The van der Waals surface area contributed by atoms with Crippen LogP contribution in [0.4, 0.5) is 0 Å². The highest BCUT2D eigenvalue weighted by molar-refractivity contribution is 5.75. The van der Waals surface area contributed by atoms with Crippen LogP contribution in [0.25, 0.3) is 0 Å². The van der Waals surface area contributed by atoms with Gasteiger partial charge >= 0.3 is 5.97 Å². The molecule has 2 aliphatic heterocycles. The minimum Gasteiger partial charge on any atom is -0.504 e. The van der Waals surface area contributed by atoms with Gasteiger partial charge in [0.2, 0.25) is 0 Å². The van der Waals surface area contributed by atoms with E-state index in [1.807, 2.05) is 19.9 Å². The van der Waals surface area contributed by atoms with Gasteiger partial charge < -0.3 is 25.1 Å². The molecular weight excluding hydrogens is 468 g/mol. The molecule has 4 saturated carbocycles. The molecule has 1 aromatic carbocycles. The van der Waals surface area contributed by atoms with Gasteiger partial charge in [0.1, 0.15) is 17.7 Å². The number of carbonyl (C=O) groups excluding carboxylic acids is 1. The van der Waals surface area contributed by atoms with Crippen molar-refractivity contribution in [3.8, 4) is 11.5 Å². The Bertz CT molecular complexity index is 1120. The molecule has 7 nitrogen and oxygen atoms in total. The van der Waals surface area contributed by atoms with Gasteiger partial charge in [0.25, 0.3) is 0 Å². The Morgan fingerprint density at radius 1 is 1.30 bits per heavy atom. The number of methoxy groups -OCH3 is 1. The van der Waals surface area contributed by atoms with Crippen molar-refractivity contribution in [2.45, 2.75) is 94.4 Å². The number of nitrogens with zero attached hydrogens (tertiary/aromatic N) is 1. The summed E-state index contributed by atoms with van der Waals surface area (Å²) >= 11 is 0. The lowest BCUT2D eigenvalue weighted by atomic mass is 9.35. The maximum Gasteiger partial charge on any atom is 0.323 e. The third kappa shape index (κ3) is 2.97. The molecule has 8 atom stereocenters. The first-order chi connectivity index (χ1) is 17.8. The molecular formula is C30H42N2O5. The predicted molar refractivity (Wildman–Crippen MR) is 139 cm³/mol. The number of benzene rings is 1. The molecule has 0 aromatic heterocycles. The number of likely N-dealkylation sites (tertiary alicyclic amines) is 1. The molecule has 0 amide bonds. The van der Waals surface area contributed by atoms with Crippen LogP contribution in [0.2, 0.25) is 0 Å². The van der Waals surface area contributed by atoms with Crippen LogP contribution in [-0.2, 0) is 26.1 Å². The van der Waals surface area contributed by atoms with Crippen molar-refractivity contribution >= 4 is 5.97 Å². The standard InChI is InChI=1S/C30H42N2O5/c1-4-17(2)24(31)26(34)36-16-20-14-28-9-10-30(20,35-3)27-29(28)11-12-32(15-18-5-6-18)22(28)13-19-7-8-21(33)25(37-27)23(19)29/h7-8,17-18,20,22,24,27,33H,4-6,9-16,31H2,1-3H3/t17-,20+,22+,24-,27+,28+,29-,30+/m0/s1. The van der Waals surface area contributed by atoms with Crippen molar-refractivity contribution in [3.05, 3.63) is 23.3 Å². The fourth-order valence-electron chi connectivity index (χ4n) is 9.51. The summed E-state index contributed by atoms with van der Waals surface area (Å²) in [5.41, 5.74) is 8.12. The lowest BCUT2D eigenvalue weighted by molar-refractivity contribution is -0.282. The minimum absolute atomic E-state index is 0.0209. The maximum absolute atomic E-state index is 12.9. The molecule has 4 bridgehead atoms. The van der Waals surface area contributed by atoms with E-state index in [9.17, 15) is 9.90 Å². The molecule has 8 rings (SSSR count). The van der Waals surface area contributed by atoms with Crippen LogP contribution in [-0.4, -0.2) is 66.6 Å². The van der Waals surface area contributed by atoms with Crippen molar-refractivity contribution in [3.63, 3.8) is 0 Å². The molecule has 1 aromatic rings. The van der Waals surface area contributed by atoms with E-state index in [1.165, 1.54) is 30.5 Å². The normalized spacial score (nSPS) is 40.6. The van der Waals surface area contributed by atoms with E-state index in [1.54, 1.807) is 7.11 Å². The lowest BCUT2D eigenvalue weighted by Gasteiger charge is -2.73. The Labute approximate surface area is 220 Å². The van der Waals surface area contributed by atoms with Crippen LogP contribution in [0, 0.1) is 23.2 Å². The average molecular weight is 511 g/mol. The highest BCUT2D eigenvalue weighted by Crippen LogP contribution is 2.76. The van der Waals surface area contributed by atoms with Crippen LogP contribution < -0.4 is 10.5 Å². The van der Waals surface area contributed by atoms with Crippen LogP contribution in [0.15, 0.2) is 12.1 Å². The Hall–Kier alpha value is -1.83. The van der Waals surface area contributed by atoms with Gasteiger partial charge in [-0.2, -0.15) is 0 Å². The first-order valence-corrected chi connectivity index (χ1v) is 14.5. The largest absolute Gasteiger partial charge is 0.504 e. The van der Waals surface area contributed by atoms with Crippen molar-refractivity contribution in [1.29, 1.82) is 0 Å². The number of ether oxygens (including phenoxy) is 3. The Morgan fingerprint density at radius 2 is 2.11 bits per heavy atom. The van der Waals surface area contributed by atoms with Crippen molar-refractivity contribution < 1.29 is 24.1 Å². The van der Waals surface area contributed by atoms with Gasteiger partial charge in [0, 0.05) is 42.0 Å². The summed E-state index contributed by atoms with van der Waals surface area (Å²) in [6, 6.07) is 3.78. The molecule has 1 saturated heterocycles. The van der Waals surface area contributed by atoms with E-state index >= 15 is 0 Å². The lowest BCUT2D eigenvalue weighted by Crippen LogP contribution is -2.81. The van der Waals surface area contributed by atoms with Gasteiger partial charge in [-0.3, -0.25) is 9.69 Å². The highest BCUT2D eigenvalue weighted by Gasteiger charge is 2.80. The number of rotatable bonds is 8. The summed E-state index contributed by atoms with van der Waals surface area (Å²) in [5, 5.41) is 11.0. The number of esters is 1. The summed E-state index contributed by atoms with van der Waals surface area (Å²) < 4.78 is 19.3. The first kappa shape index (κ1) is 24.2. The molecule has 0 unspecified atom stereocenters. The smallest absolute Gasteiger partial charge is 0.323 e. The third-order valence-corrected chi connectivity index (χ3v) is 11.8. The number of nitrogens with two attached hydrogens (primary N) is 1. The SMILES string of the molecule is CC[C@H](C)[C@H](N)C(=O)OC[C@H]1C[C@@]23CC[C@]1(OC)[C@@H]1Oc4c(O)ccc5c4[C@@]12CCN(CC1CC1)[C@@H]3C5. The molecule has 2 spiro atoms. The number of piperidine rings is 1. The van der Waals surface area contributed by atoms with Crippen LogP contribution in [0.3, 0.4) is 0 Å². The molecule has 5 fully saturated rings. The topological polar surface area (TPSA) is 94.3 Å². The zero-order valence-electron chi connectivity index (χ0n) is 22.5. The summed E-state index contributed by atoms with van der Waals surface area (Å²) in [4.78, 5) is 15.7. The molecule has 0 radical (unpaired) electrons. The molecule has 3 N–H and O–H groups in total. The molecule has 2 heterocycles. The summed E-state index contributed by atoms with van der Waals surface area (Å²) in [7, 11) is 1.80. The van der Waals surface area contributed by atoms with Gasteiger partial charge in [-0.15, -0.1) is 0 Å². The van der Waals surface area contributed by atoms with Crippen molar-refractivity contribution in [2.75, 3.05) is 26.8 Å². The van der Waals surface area contributed by atoms with E-state index in [2.05, 4.69) is 11.0 Å². The second-order valence-electron chi connectivity index (χ2n) is 13.1. The first-order valence-electron chi connectivity index (χ1n) is 14.5. The van der Waals surface area contributed by atoms with E-state index in [0.717, 1.165) is 51.0 Å². The minimum atomic E-state index is -0.608. The average Bonchev–Trinajstić information content (AvgIpc) is 3.65. The quantitative estimate of drug-likeness (QED) is 0.517. The predicted octanol–water partition coefficient (Wildman–Crippen LogP) is 3.53. The van der Waals surface area contributed by atoms with Gasteiger partial charge in [-0.25, -0.2) is 0 Å². The van der Waals surface area contributed by atoms with Gasteiger partial charge in [0.15, 0.2) is 11.5 Å². The second kappa shape index (κ2) is 8.09. The van der Waals surface area contributed by atoms with E-state index in [-0.39, 0.29) is 40.5 Å². The molecule has 5 aliphatic carbocycles. The number of phenols is 1. The number of aromatic hydroxyl groups is 1. The van der Waals surface area contributed by atoms with Crippen LogP contribution in [0.5, 0.6) is 11.5 Å². The Kier molecular flexibility index (Phi) is 5.30. The van der Waals surface area contributed by atoms with Crippen molar-refractivity contribution in [1.82, 2.24) is 4.90 Å². The van der Waals surface area contributed by atoms with Gasteiger partial charge in [-0.1, -0.05) is 26.3 Å². The monoisotopic (exact) mass is 510 g/mol. The second-order valence-corrected chi connectivity index (χ2v) is 13.1. The number of hydrogen-bond acceptors (Lipinski definition) is 7. The summed E-state index contributed by atoms with van der Waals surface area (Å²) in [6.07, 6.45) is 8.29. The number of fused-ring (bicyclic) bond motifs is 2. The third-order valence-electron chi connectivity index (χ3n) is 11.8. The summed E-state index contributed by atoms with van der Waals surface area (Å²) in [5.74, 6) is 1.55. The molecule has 37 heavy (non-hydrogen) atoms. The van der Waals surface area contributed by atoms with E-state index in [4.69, 9.17) is 19.9 Å². The van der Waals surface area contributed by atoms with Crippen LogP contribution >= 0.6 is 0 Å². The highest BCUT2D eigenvalue weighted by atomic mass is 16.6. The Morgan fingerprint density at radius 3 is 2.84 bits per heavy atom. The van der Waals surface area contributed by atoms with Crippen molar-refractivity contribution in [2.24, 2.45) is 28.9 Å². The van der Waals surface area contributed by atoms with Gasteiger partial charge in [-0.05, 0) is 75.0 Å². The Balaban J connectivity index is 1.30. The fourth-order valence-corrected chi connectivity index (χ4v) is 9.51. The zero-order valence-corrected chi connectivity index (χ0v) is 22.5. The van der Waals surface area contributed by atoms with E-state index < -0.39 is 11.6 Å². The van der Waals surface area contributed by atoms with Gasteiger partial charge in [0.05, 0.1) is 6.61 Å². The molecule has 7 aliphatic rings. The summed E-state index contributed by atoms with van der Waals surface area (Å²) in [6.45, 7) is 6.61. The zero-order chi connectivity index (χ0) is 25.7. The number of hydrogen-bond donors (Lipinski definition) is 2. The maximum atomic E-state index is 12.9.